The van der Waals surface area contributed by atoms with Gasteiger partial charge in [-0.1, -0.05) is 151 Å². The molecule has 9 rings (SSSR count). The predicted molar refractivity (Wildman–Crippen MR) is 442 cm³/mol. The normalized spacial score (nSPS) is 24.3. The molecule has 120 heavy (non-hydrogen) atoms. The molecule has 0 spiro atoms. The summed E-state index contributed by atoms with van der Waals surface area (Å²) in [6.45, 7) is 0.806. The summed E-state index contributed by atoms with van der Waals surface area (Å²) < 4.78 is 41.2. The van der Waals surface area contributed by atoms with Gasteiger partial charge in [0.05, 0.1) is 36.7 Å². The van der Waals surface area contributed by atoms with Crippen LogP contribution >= 0.6 is 23.2 Å². The highest BCUT2D eigenvalue weighted by atomic mass is 35.5. The minimum absolute atomic E-state index is 0.0377. The number of rotatable bonds is 19. The van der Waals surface area contributed by atoms with Crippen LogP contribution < -0.4 is 26.6 Å². The Kier molecular flexibility index (Phi) is 33.0. The maximum Gasteiger partial charge on any atom is 0.326 e. The molecular formula is C88H99Cl2FN8O20S. The van der Waals surface area contributed by atoms with Gasteiger partial charge in [-0.25, -0.2) is 17.6 Å². The van der Waals surface area contributed by atoms with Crippen molar-refractivity contribution in [2.45, 2.75) is 164 Å². The molecule has 0 saturated carbocycles. The third-order valence-corrected chi connectivity index (χ3v) is 22.9. The molecule has 638 valence electrons. The summed E-state index contributed by atoms with van der Waals surface area (Å²) in [6.07, 6.45) is -6.11. The molecule has 32 heteroatoms. The number of phenolic OH excluding ortho intramolecular Hbond substituents is 1. The van der Waals surface area contributed by atoms with Crippen molar-refractivity contribution in [3.05, 3.63) is 224 Å². The van der Waals surface area contributed by atoms with Gasteiger partial charge in [0.25, 0.3) is 0 Å². The molecule has 1 aliphatic carbocycles. The van der Waals surface area contributed by atoms with Crippen molar-refractivity contribution in [3.63, 3.8) is 0 Å². The van der Waals surface area contributed by atoms with Crippen LogP contribution in [-0.2, 0) is 111 Å². The number of nitrogens with zero attached hydrogens (tertiary/aromatic N) is 3. The standard InChI is InChI=1S/C88H99Cl2FN8O20S/c1-50(101)79-77(107)44-59(32-34-120(5,118)119)85(113)98(4)72(42-53-19-10-7-11-20-53)83(111)96-80(51(2)102)84(112)93-67(43-58-30-29-57-23-12-13-26-65(57)58)81(109)94-68(40-55-22-15-25-64(90)38-55)87(115)97(3)71(41-52-17-8-6-9-18-52)76(106)46-61(36-56-28-31-73(103)66(91)39-56)74(104)45-60(35-54-21-14-24-63(89)37-54)75(105)47-62(48-78(108)92-69(49-100)82(110)95-79)86(114)99-33-16-27-70(99)88(116)117/h6-15,17-26,28,30-32,34,37-39,50-51,59-62,67-72,79-80,100-103H,16,27,29,33,35-36,40-49H2,1-5H3,(H,92,108)(H,93,112)(H,94,109)(H,95,110)(H,96,111)(H,116,117)/b34-32+/t50-,51-,59-,60-,61-,62+,67+,68+,69+,70+,71+,72+,79+,80+/m1/s1. The van der Waals surface area contributed by atoms with Gasteiger partial charge in [0.15, 0.2) is 33.0 Å². The number of carboxylic acid groups (broad SMARTS) is 1. The SMILES string of the molecule is C[C@@H](O)[C@@H]1NC(=O)[C@H](CO)NC(=O)C[C@@H](C(=O)N2CCC[C@H]2C(=O)O)CC(=O)[C@H](Cc2cccc(Cl)c2)CC(=O)[C@H](Cc2ccc(O)c(F)c2)CC(=O)[C@H](Cc2ccccc2)N(C)C(=O)[C@H](Cc2cccc(Cl)c2)NC(=O)[C@H](CC2=CCc3ccccc32)NC(=O)[C@H]([C@@H](C)O)NC(=O)[C@H](Cc2ccccc2)N(C)C(=O)[C@H](/C=C/S(C)(=O)=O)CC1=O. The summed E-state index contributed by atoms with van der Waals surface area (Å²) in [5.74, 6) is -22.4. The number of aliphatic hydroxyl groups is 3. The number of likely N-dealkylation sites (tertiary alicyclic amines) is 1. The highest BCUT2D eigenvalue weighted by Gasteiger charge is 2.44. The first kappa shape index (κ1) is 92.7. The second-order valence-corrected chi connectivity index (χ2v) is 33.7. The Morgan fingerprint density at radius 3 is 1.67 bits per heavy atom. The van der Waals surface area contributed by atoms with E-state index in [9.17, 15) is 57.9 Å². The molecular weight excluding hydrogens is 1610 g/mol. The number of carboxylic acids is 1. The lowest BCUT2D eigenvalue weighted by molar-refractivity contribution is -0.151. The molecule has 0 aromatic heterocycles. The van der Waals surface area contributed by atoms with Gasteiger partial charge >= 0.3 is 5.97 Å². The number of allylic oxidation sites excluding steroid dienone is 1. The molecule has 0 radical (unpaired) electrons. The molecule has 2 saturated heterocycles. The molecule has 3 aliphatic rings. The number of sulfone groups is 1. The minimum atomic E-state index is -4.14. The molecule has 10 N–H and O–H groups in total. The summed E-state index contributed by atoms with van der Waals surface area (Å²) in [5, 5.41) is 68.0. The van der Waals surface area contributed by atoms with Crippen molar-refractivity contribution in [2.24, 2.45) is 23.7 Å². The molecule has 0 bridgehead atoms. The van der Waals surface area contributed by atoms with E-state index in [1.54, 1.807) is 103 Å². The fourth-order valence-electron chi connectivity index (χ4n) is 15.3. The van der Waals surface area contributed by atoms with Crippen LogP contribution in [0.25, 0.3) is 5.57 Å². The molecule has 2 fully saturated rings. The average molecular weight is 1710 g/mol. The van der Waals surface area contributed by atoms with Crippen molar-refractivity contribution in [1.82, 2.24) is 41.3 Å². The minimum Gasteiger partial charge on any atom is -0.505 e. The topological polar surface area (TPSA) is 427 Å². The van der Waals surface area contributed by atoms with Gasteiger partial charge in [-0.15, -0.1) is 0 Å². The van der Waals surface area contributed by atoms with Gasteiger partial charge in [0, 0.05) is 106 Å². The maximum atomic E-state index is 16.0. The van der Waals surface area contributed by atoms with Crippen molar-refractivity contribution >= 4 is 115 Å². The van der Waals surface area contributed by atoms with Crippen LogP contribution in [0.1, 0.15) is 104 Å². The van der Waals surface area contributed by atoms with Crippen LogP contribution in [0.5, 0.6) is 5.75 Å². The molecule has 14 atom stereocenters. The van der Waals surface area contributed by atoms with E-state index in [4.69, 9.17) is 23.2 Å². The number of hydrogen-bond donors (Lipinski definition) is 10. The lowest BCUT2D eigenvalue weighted by atomic mass is 9.80. The number of carbonyl (C=O) groups is 13. The van der Waals surface area contributed by atoms with Crippen LogP contribution in [0.2, 0.25) is 10.0 Å². The van der Waals surface area contributed by atoms with Crippen LogP contribution in [0, 0.1) is 29.5 Å². The smallest absolute Gasteiger partial charge is 0.326 e. The summed E-state index contributed by atoms with van der Waals surface area (Å²) in [4.78, 5) is 199. The number of Topliss-reactive ketones (excluding diaryl/α,β-unsaturated/α-hetero) is 4. The lowest BCUT2D eigenvalue weighted by Gasteiger charge is -2.33. The molecule has 0 unspecified atom stereocenters. The summed E-state index contributed by atoms with van der Waals surface area (Å²) in [7, 11) is -1.71. The predicted octanol–water partition coefficient (Wildman–Crippen LogP) is 5.55. The number of aromatic hydroxyl groups is 1. The summed E-state index contributed by atoms with van der Waals surface area (Å²) >= 11 is 13.1. The first-order chi connectivity index (χ1) is 56.9. The lowest BCUT2D eigenvalue weighted by Crippen LogP contribution is -2.61. The summed E-state index contributed by atoms with van der Waals surface area (Å²) in [5.41, 5.74) is 3.85. The zero-order valence-corrected chi connectivity index (χ0v) is 69.1. The average Bonchev–Trinajstić information content (AvgIpc) is 1.66. The Bertz CT molecular complexity index is 4980. The fourth-order valence-corrected chi connectivity index (χ4v) is 16.2. The second-order valence-electron chi connectivity index (χ2n) is 30.9. The Hall–Kier alpha value is -11.2. The first-order valence-corrected chi connectivity index (χ1v) is 42.0. The van der Waals surface area contributed by atoms with E-state index in [-0.39, 0.29) is 67.1 Å². The highest BCUT2D eigenvalue weighted by molar-refractivity contribution is 7.93. The third-order valence-electron chi connectivity index (χ3n) is 21.8. The van der Waals surface area contributed by atoms with E-state index < -0.39 is 227 Å². The van der Waals surface area contributed by atoms with E-state index in [1.165, 1.54) is 31.3 Å². The molecule has 6 aromatic carbocycles. The van der Waals surface area contributed by atoms with E-state index >= 15 is 42.7 Å². The zero-order valence-electron chi connectivity index (χ0n) is 66.8. The van der Waals surface area contributed by atoms with Gasteiger partial charge in [-0.3, -0.25) is 57.5 Å². The van der Waals surface area contributed by atoms with Gasteiger partial charge in [-0.05, 0) is 133 Å². The number of carbonyl (C=O) groups excluding carboxylic acids is 12. The number of aliphatic hydroxyl groups excluding tert-OH is 3. The number of likely N-dealkylation sites (N-methyl/N-ethyl adjacent to an activating group) is 2. The number of benzene rings is 6. The highest BCUT2D eigenvalue weighted by Crippen LogP contribution is 2.34. The monoisotopic (exact) mass is 1710 g/mol. The Morgan fingerprint density at radius 1 is 0.550 bits per heavy atom. The Balaban J connectivity index is 1.19. The van der Waals surface area contributed by atoms with E-state index in [0.29, 0.717) is 45.2 Å². The number of fused-ring (bicyclic) bond motifs is 1. The maximum absolute atomic E-state index is 16.0. The van der Waals surface area contributed by atoms with Gasteiger partial charge in [0.1, 0.15) is 53.9 Å². The number of amides is 8. The van der Waals surface area contributed by atoms with Gasteiger partial charge < -0.3 is 66.8 Å². The van der Waals surface area contributed by atoms with Crippen LogP contribution in [-0.4, -0.2) is 219 Å². The number of nitrogens with one attached hydrogen (secondary N) is 5. The number of phenols is 1. The van der Waals surface area contributed by atoms with Crippen molar-refractivity contribution in [2.75, 3.05) is 33.5 Å². The van der Waals surface area contributed by atoms with Crippen LogP contribution in [0.4, 0.5) is 4.39 Å². The van der Waals surface area contributed by atoms with Crippen molar-refractivity contribution in [3.8, 4) is 5.75 Å². The number of aliphatic carboxylic acids is 1. The molecule has 2 aliphatic heterocycles. The zero-order chi connectivity index (χ0) is 87.4. The number of halogens is 3. The second kappa shape index (κ2) is 42.7. The summed E-state index contributed by atoms with van der Waals surface area (Å²) in [6, 6.07) is 25.4. The molecule has 8 amide bonds. The van der Waals surface area contributed by atoms with Crippen molar-refractivity contribution in [1.29, 1.82) is 0 Å². The first-order valence-electron chi connectivity index (χ1n) is 39.3. The van der Waals surface area contributed by atoms with E-state index in [0.717, 1.165) is 65.6 Å². The van der Waals surface area contributed by atoms with Crippen LogP contribution in [0.3, 0.4) is 0 Å². The van der Waals surface area contributed by atoms with Gasteiger partial charge in [0.2, 0.25) is 47.3 Å². The number of hydrogen-bond acceptors (Lipinski definition) is 19. The van der Waals surface area contributed by atoms with E-state index in [1.807, 2.05) is 18.2 Å². The van der Waals surface area contributed by atoms with Crippen molar-refractivity contribution < 1.29 is 101 Å². The largest absolute Gasteiger partial charge is 0.505 e. The van der Waals surface area contributed by atoms with Crippen LogP contribution in [0.15, 0.2) is 169 Å². The Labute approximate surface area is 704 Å². The molecule has 6 aromatic rings. The van der Waals surface area contributed by atoms with E-state index in [2.05, 4.69) is 26.6 Å². The third kappa shape index (κ3) is 25.7. The Morgan fingerprint density at radius 2 is 1.08 bits per heavy atom. The van der Waals surface area contributed by atoms with Gasteiger partial charge in [-0.2, -0.15) is 0 Å². The number of ketones is 4. The molecule has 28 nitrogen and oxygen atoms in total. The molecule has 2 heterocycles. The fraction of sp³-hybridized carbons (Fsp3) is 0.398. The quantitative estimate of drug-likeness (QED) is 0.0475.